The Bertz CT molecular complexity index is 709. The molecule has 4 fully saturated rings. The van der Waals surface area contributed by atoms with E-state index in [0.29, 0.717) is 29.8 Å². The molecule has 4 heteroatoms. The van der Waals surface area contributed by atoms with Gasteiger partial charge in [-0.15, -0.1) is 0 Å². The normalized spacial score (nSPS) is 49.0. The van der Waals surface area contributed by atoms with Crippen LogP contribution in [0.15, 0.2) is 0 Å². The molecule has 170 valence electrons. The minimum Gasteiger partial charge on any atom is -0.414 e. The summed E-state index contributed by atoms with van der Waals surface area (Å²) in [4.78, 5) is 0. The first-order valence-corrected chi connectivity index (χ1v) is 15.5. The van der Waals surface area contributed by atoms with Gasteiger partial charge in [0.15, 0.2) is 8.32 Å². The second kappa shape index (κ2) is 7.32. The van der Waals surface area contributed by atoms with Crippen LogP contribution in [0, 0.1) is 51.8 Å². The van der Waals surface area contributed by atoms with Crippen LogP contribution in [0.1, 0.15) is 86.0 Å². The van der Waals surface area contributed by atoms with Crippen LogP contribution in [0.25, 0.3) is 0 Å². The Balaban J connectivity index is 1.53. The number of fused-ring (bicyclic) bond motifs is 5. The first-order valence-electron chi connectivity index (χ1n) is 12.6. The molecule has 1 N–H and O–H groups in total. The van der Waals surface area contributed by atoms with Gasteiger partial charge in [0.25, 0.3) is 0 Å². The molecule has 1 unspecified atom stereocenters. The van der Waals surface area contributed by atoms with Crippen molar-refractivity contribution >= 4 is 8.32 Å². The molecule has 0 aromatic rings. The maximum absolute atomic E-state index is 11.5. The summed E-state index contributed by atoms with van der Waals surface area (Å²) in [6.07, 6.45) is 9.29. The second-order valence-corrected chi connectivity index (χ2v) is 18.1. The standard InChI is InChI=1S/C26H45NO2Si/c1-24(2,3)30(6,7)29-19-12-13-25(4)17(14-19)8-10-20-21-11-9-18(16-27)26(21,5)15-22(28)23(20)25/h17-23,28H,8-15H2,1-7H3/t17-,18-,19?,20+,21+,22+,23-,25+,26-/m1/s1. The van der Waals surface area contributed by atoms with Gasteiger partial charge in [-0.25, -0.2) is 0 Å². The van der Waals surface area contributed by atoms with Gasteiger partial charge in [-0.05, 0) is 104 Å². The van der Waals surface area contributed by atoms with E-state index < -0.39 is 8.32 Å². The summed E-state index contributed by atoms with van der Waals surface area (Å²) in [5.74, 6) is 2.47. The van der Waals surface area contributed by atoms with Crippen LogP contribution >= 0.6 is 0 Å². The zero-order valence-corrected chi connectivity index (χ0v) is 21.5. The highest BCUT2D eigenvalue weighted by Gasteiger charge is 2.63. The monoisotopic (exact) mass is 431 g/mol. The predicted octanol–water partition coefficient (Wildman–Crippen LogP) is 6.53. The van der Waals surface area contributed by atoms with Gasteiger partial charge in [0, 0.05) is 6.10 Å². The van der Waals surface area contributed by atoms with Crippen molar-refractivity contribution < 1.29 is 9.53 Å². The summed E-state index contributed by atoms with van der Waals surface area (Å²) in [5.41, 5.74) is 0.267. The summed E-state index contributed by atoms with van der Waals surface area (Å²) >= 11 is 0. The summed E-state index contributed by atoms with van der Waals surface area (Å²) in [7, 11) is -1.74. The third kappa shape index (κ3) is 3.34. The highest BCUT2D eigenvalue weighted by atomic mass is 28.4. The number of rotatable bonds is 2. The molecule has 0 aliphatic heterocycles. The van der Waals surface area contributed by atoms with E-state index in [1.165, 1.54) is 32.1 Å². The Hall–Kier alpha value is -0.373. The molecule has 0 heterocycles. The molecule has 0 aromatic heterocycles. The van der Waals surface area contributed by atoms with Crippen molar-refractivity contribution in [3.8, 4) is 6.07 Å². The van der Waals surface area contributed by atoms with Crippen molar-refractivity contribution in [2.24, 2.45) is 40.4 Å². The van der Waals surface area contributed by atoms with Crippen molar-refractivity contribution in [1.82, 2.24) is 0 Å². The van der Waals surface area contributed by atoms with Gasteiger partial charge < -0.3 is 9.53 Å². The molecule has 0 radical (unpaired) electrons. The van der Waals surface area contributed by atoms with Gasteiger partial charge in [0.2, 0.25) is 0 Å². The average Bonchev–Trinajstić information content (AvgIpc) is 2.96. The summed E-state index contributed by atoms with van der Waals surface area (Å²) in [6.45, 7) is 16.6. The highest BCUT2D eigenvalue weighted by Crippen LogP contribution is 2.67. The molecule has 4 aliphatic carbocycles. The fourth-order valence-electron chi connectivity index (χ4n) is 8.26. The number of hydrogen-bond donors (Lipinski definition) is 1. The van der Waals surface area contributed by atoms with E-state index in [2.05, 4.69) is 53.8 Å². The first kappa shape index (κ1) is 22.8. The number of aliphatic hydroxyl groups is 1. The Labute approximate surface area is 186 Å². The van der Waals surface area contributed by atoms with Gasteiger partial charge in [0.1, 0.15) is 0 Å². The van der Waals surface area contributed by atoms with E-state index in [1.807, 2.05) is 0 Å². The number of hydrogen-bond acceptors (Lipinski definition) is 3. The lowest BCUT2D eigenvalue weighted by Crippen LogP contribution is -2.59. The Morgan fingerprint density at radius 2 is 1.73 bits per heavy atom. The third-order valence-corrected chi connectivity index (χ3v) is 15.5. The number of aliphatic hydroxyl groups excluding tert-OH is 1. The molecule has 3 nitrogen and oxygen atoms in total. The first-order chi connectivity index (χ1) is 13.8. The molecule has 4 rings (SSSR count). The van der Waals surface area contributed by atoms with Crippen LogP contribution < -0.4 is 0 Å². The molecule has 4 saturated carbocycles. The number of nitrogens with zero attached hydrogens (tertiary/aromatic N) is 1. The molecule has 0 bridgehead atoms. The summed E-state index contributed by atoms with van der Waals surface area (Å²) in [5, 5.41) is 21.4. The molecule has 0 spiro atoms. The molecule has 9 atom stereocenters. The summed E-state index contributed by atoms with van der Waals surface area (Å²) < 4.78 is 6.85. The zero-order valence-electron chi connectivity index (χ0n) is 20.5. The maximum atomic E-state index is 11.5. The van der Waals surface area contributed by atoms with Gasteiger partial charge in [-0.1, -0.05) is 34.6 Å². The Morgan fingerprint density at radius 3 is 2.37 bits per heavy atom. The maximum Gasteiger partial charge on any atom is 0.192 e. The van der Waals surface area contributed by atoms with E-state index >= 15 is 0 Å². The Morgan fingerprint density at radius 1 is 1.03 bits per heavy atom. The van der Waals surface area contributed by atoms with Gasteiger partial charge in [-0.3, -0.25) is 0 Å². The molecule has 0 amide bonds. The lowest BCUT2D eigenvalue weighted by Gasteiger charge is -2.62. The van der Waals surface area contributed by atoms with Crippen molar-refractivity contribution in [1.29, 1.82) is 5.26 Å². The lowest BCUT2D eigenvalue weighted by molar-refractivity contribution is -0.174. The van der Waals surface area contributed by atoms with E-state index in [0.717, 1.165) is 19.3 Å². The molecule has 4 aliphatic rings. The topological polar surface area (TPSA) is 53.2 Å². The van der Waals surface area contributed by atoms with E-state index in [9.17, 15) is 10.4 Å². The van der Waals surface area contributed by atoms with Gasteiger partial charge in [0.05, 0.1) is 18.1 Å². The minimum atomic E-state index is -1.74. The van der Waals surface area contributed by atoms with E-state index in [1.54, 1.807) is 0 Å². The van der Waals surface area contributed by atoms with Crippen molar-refractivity contribution in [2.75, 3.05) is 0 Å². The van der Waals surface area contributed by atoms with E-state index in [4.69, 9.17) is 4.43 Å². The highest BCUT2D eigenvalue weighted by molar-refractivity contribution is 6.74. The average molecular weight is 432 g/mol. The van der Waals surface area contributed by atoms with Gasteiger partial charge >= 0.3 is 0 Å². The van der Waals surface area contributed by atoms with Crippen LogP contribution in [-0.4, -0.2) is 25.6 Å². The minimum absolute atomic E-state index is 0.0289. The second-order valence-electron chi connectivity index (χ2n) is 13.4. The Kier molecular flexibility index (Phi) is 5.57. The fourth-order valence-corrected chi connectivity index (χ4v) is 9.66. The van der Waals surface area contributed by atoms with Crippen LogP contribution in [0.4, 0.5) is 0 Å². The largest absolute Gasteiger partial charge is 0.414 e. The van der Waals surface area contributed by atoms with Crippen LogP contribution in [0.5, 0.6) is 0 Å². The molecule has 0 saturated heterocycles. The lowest BCUT2D eigenvalue weighted by atomic mass is 9.44. The fraction of sp³-hybridized carbons (Fsp3) is 0.962. The molecule has 30 heavy (non-hydrogen) atoms. The molecular formula is C26H45NO2Si. The van der Waals surface area contributed by atoms with Gasteiger partial charge in [-0.2, -0.15) is 5.26 Å². The SMILES string of the molecule is CC(C)(C)[Si](C)(C)OC1CC[C@@]2(C)[C@H](CC[C@@H]3[C@@H]2[C@@H](O)C[C@]2(C)[C@@H](C#N)CC[C@@H]32)C1. The van der Waals surface area contributed by atoms with Crippen LogP contribution in [0.2, 0.25) is 18.1 Å². The predicted molar refractivity (Wildman–Crippen MR) is 124 cm³/mol. The van der Waals surface area contributed by atoms with Crippen molar-refractivity contribution in [3.63, 3.8) is 0 Å². The third-order valence-electron chi connectivity index (χ3n) is 11.0. The van der Waals surface area contributed by atoms with Crippen molar-refractivity contribution in [2.45, 2.75) is 116 Å². The molecule has 0 aromatic carbocycles. The quantitative estimate of drug-likeness (QED) is 0.506. The van der Waals surface area contributed by atoms with Crippen molar-refractivity contribution in [3.05, 3.63) is 0 Å². The smallest absolute Gasteiger partial charge is 0.192 e. The molecular weight excluding hydrogens is 386 g/mol. The van der Waals surface area contributed by atoms with E-state index in [-0.39, 0.29) is 27.9 Å². The number of nitriles is 1. The van der Waals surface area contributed by atoms with Crippen LogP contribution in [-0.2, 0) is 4.43 Å². The summed E-state index contributed by atoms with van der Waals surface area (Å²) in [6, 6.07) is 2.60. The van der Waals surface area contributed by atoms with Crippen LogP contribution in [0.3, 0.4) is 0 Å². The zero-order chi connectivity index (χ0) is 22.1.